The lowest BCUT2D eigenvalue weighted by Gasteiger charge is -2.22. The summed E-state index contributed by atoms with van der Waals surface area (Å²) in [6.45, 7) is 5.04. The molecule has 2 nitrogen and oxygen atoms in total. The Balaban J connectivity index is 3.02. The van der Waals surface area contributed by atoms with E-state index in [0.717, 1.165) is 12.1 Å². The van der Waals surface area contributed by atoms with E-state index in [1.54, 1.807) is 13.2 Å². The van der Waals surface area contributed by atoms with Crippen LogP contribution in [0.15, 0.2) is 12.1 Å². The first-order valence-electron chi connectivity index (χ1n) is 5.17. The minimum Gasteiger partial charge on any atom is -0.495 e. The molecule has 0 saturated carbocycles. The van der Waals surface area contributed by atoms with Crippen molar-refractivity contribution >= 4 is 23.2 Å². The molecule has 0 heterocycles. The Hall–Kier alpha value is -0.440. The van der Waals surface area contributed by atoms with Gasteiger partial charge in [-0.15, -0.1) is 0 Å². The number of halogens is 2. The molecule has 4 heteroatoms. The van der Waals surface area contributed by atoms with Crippen molar-refractivity contribution in [2.75, 3.05) is 14.2 Å². The molecule has 16 heavy (non-hydrogen) atoms. The van der Waals surface area contributed by atoms with Crippen LogP contribution in [0.5, 0.6) is 5.75 Å². The monoisotopic (exact) mass is 261 g/mol. The maximum Gasteiger partial charge on any atom is 0.142 e. The van der Waals surface area contributed by atoms with Crippen LogP contribution in [0.2, 0.25) is 10.0 Å². The molecule has 1 aromatic rings. The fourth-order valence-electron chi connectivity index (χ4n) is 1.41. The molecule has 0 amide bonds. The van der Waals surface area contributed by atoms with E-state index in [1.165, 1.54) is 0 Å². The summed E-state index contributed by atoms with van der Waals surface area (Å²) in [5, 5.41) is 1.19. The van der Waals surface area contributed by atoms with Gasteiger partial charge in [0.2, 0.25) is 0 Å². The predicted molar refractivity (Wildman–Crippen MR) is 69.6 cm³/mol. The van der Waals surface area contributed by atoms with Crippen LogP contribution in [0.4, 0.5) is 0 Å². The summed E-state index contributed by atoms with van der Waals surface area (Å²) in [6, 6.07) is 4.05. The van der Waals surface area contributed by atoms with Crippen molar-refractivity contribution in [1.82, 2.24) is 4.90 Å². The molecule has 0 radical (unpaired) electrons. The van der Waals surface area contributed by atoms with Crippen molar-refractivity contribution in [3.8, 4) is 5.75 Å². The summed E-state index contributed by atoms with van der Waals surface area (Å²) in [4.78, 5) is 2.20. The molecule has 0 aliphatic rings. The third kappa shape index (κ3) is 3.27. The largest absolute Gasteiger partial charge is 0.495 e. The maximum absolute atomic E-state index is 6.07. The third-order valence-corrected chi connectivity index (χ3v) is 3.09. The molecule has 0 aliphatic carbocycles. The van der Waals surface area contributed by atoms with Gasteiger partial charge in [0.1, 0.15) is 5.75 Å². The van der Waals surface area contributed by atoms with E-state index in [2.05, 4.69) is 25.8 Å². The second kappa shape index (κ2) is 5.76. The van der Waals surface area contributed by atoms with E-state index >= 15 is 0 Å². The molecule has 0 fully saturated rings. The van der Waals surface area contributed by atoms with Crippen molar-refractivity contribution in [3.63, 3.8) is 0 Å². The number of benzene rings is 1. The number of methoxy groups -OCH3 is 1. The molecule has 1 rings (SSSR count). The average molecular weight is 262 g/mol. The average Bonchev–Trinajstić information content (AvgIpc) is 2.16. The first kappa shape index (κ1) is 13.6. The Morgan fingerprint density at radius 3 is 2.44 bits per heavy atom. The topological polar surface area (TPSA) is 12.5 Å². The smallest absolute Gasteiger partial charge is 0.142 e. The van der Waals surface area contributed by atoms with Gasteiger partial charge < -0.3 is 4.74 Å². The van der Waals surface area contributed by atoms with Crippen LogP contribution < -0.4 is 4.74 Å². The normalized spacial score (nSPS) is 11.2. The van der Waals surface area contributed by atoms with Crippen LogP contribution in [-0.4, -0.2) is 25.1 Å². The van der Waals surface area contributed by atoms with Gasteiger partial charge in [-0.2, -0.15) is 0 Å². The van der Waals surface area contributed by atoms with Gasteiger partial charge in [-0.05, 0) is 33.0 Å². The Morgan fingerprint density at radius 1 is 1.31 bits per heavy atom. The van der Waals surface area contributed by atoms with Crippen LogP contribution in [0.3, 0.4) is 0 Å². The van der Waals surface area contributed by atoms with Gasteiger partial charge in [0.25, 0.3) is 0 Å². The van der Waals surface area contributed by atoms with Crippen molar-refractivity contribution in [1.29, 1.82) is 0 Å². The molecular formula is C12H17Cl2NO. The summed E-state index contributed by atoms with van der Waals surface area (Å²) in [5.41, 5.74) is 1.01. The van der Waals surface area contributed by atoms with Gasteiger partial charge in [-0.3, -0.25) is 4.90 Å². The molecule has 0 spiro atoms. The van der Waals surface area contributed by atoms with E-state index in [0.29, 0.717) is 21.8 Å². The van der Waals surface area contributed by atoms with Crippen LogP contribution in [0.1, 0.15) is 19.4 Å². The highest BCUT2D eigenvalue weighted by atomic mass is 35.5. The minimum absolute atomic E-state index is 0.461. The number of hydrogen-bond acceptors (Lipinski definition) is 2. The third-order valence-electron chi connectivity index (χ3n) is 2.59. The van der Waals surface area contributed by atoms with E-state index in [9.17, 15) is 0 Å². The Labute approximate surface area is 107 Å². The number of nitrogens with zero attached hydrogens (tertiary/aromatic N) is 1. The summed E-state index contributed by atoms with van der Waals surface area (Å²) >= 11 is 12.1. The minimum atomic E-state index is 0.461. The van der Waals surface area contributed by atoms with Crippen LogP contribution in [-0.2, 0) is 6.54 Å². The summed E-state index contributed by atoms with van der Waals surface area (Å²) in [6.07, 6.45) is 0. The van der Waals surface area contributed by atoms with E-state index in [-0.39, 0.29) is 0 Å². The zero-order valence-electron chi connectivity index (χ0n) is 10.1. The summed E-state index contributed by atoms with van der Waals surface area (Å²) in [5.74, 6) is 0.707. The van der Waals surface area contributed by atoms with Crippen LogP contribution >= 0.6 is 23.2 Å². The van der Waals surface area contributed by atoms with Gasteiger partial charge in [0.15, 0.2) is 0 Å². The second-order valence-electron chi connectivity index (χ2n) is 4.09. The van der Waals surface area contributed by atoms with Crippen LogP contribution in [0.25, 0.3) is 0 Å². The molecule has 0 atom stereocenters. The highest BCUT2D eigenvalue weighted by Crippen LogP contribution is 2.32. The zero-order chi connectivity index (χ0) is 12.3. The van der Waals surface area contributed by atoms with Gasteiger partial charge in [0, 0.05) is 23.2 Å². The molecule has 90 valence electrons. The van der Waals surface area contributed by atoms with Gasteiger partial charge in [-0.25, -0.2) is 0 Å². The fraction of sp³-hybridized carbons (Fsp3) is 0.500. The lowest BCUT2D eigenvalue weighted by molar-refractivity contribution is 0.261. The first-order chi connectivity index (χ1) is 7.45. The van der Waals surface area contributed by atoms with Crippen molar-refractivity contribution < 1.29 is 4.74 Å². The molecule has 0 unspecified atom stereocenters. The second-order valence-corrected chi connectivity index (χ2v) is 4.93. The Kier molecular flexibility index (Phi) is 4.90. The maximum atomic E-state index is 6.07. The molecule has 1 aromatic carbocycles. The van der Waals surface area contributed by atoms with Crippen molar-refractivity contribution in [2.45, 2.75) is 26.4 Å². The summed E-state index contributed by atoms with van der Waals surface area (Å²) < 4.78 is 5.29. The van der Waals surface area contributed by atoms with Gasteiger partial charge >= 0.3 is 0 Å². The highest BCUT2D eigenvalue weighted by Gasteiger charge is 2.13. The molecule has 0 aliphatic heterocycles. The number of rotatable bonds is 4. The van der Waals surface area contributed by atoms with E-state index in [4.69, 9.17) is 27.9 Å². The van der Waals surface area contributed by atoms with Crippen molar-refractivity contribution in [2.24, 2.45) is 0 Å². The quantitative estimate of drug-likeness (QED) is 0.817. The lowest BCUT2D eigenvalue weighted by Crippen LogP contribution is -2.25. The number of hydrogen-bond donors (Lipinski definition) is 0. The van der Waals surface area contributed by atoms with Crippen LogP contribution in [0, 0.1) is 0 Å². The first-order valence-corrected chi connectivity index (χ1v) is 5.93. The molecule has 0 saturated heterocycles. The van der Waals surface area contributed by atoms with E-state index in [1.807, 2.05) is 6.07 Å². The zero-order valence-corrected chi connectivity index (χ0v) is 11.6. The van der Waals surface area contributed by atoms with Gasteiger partial charge in [0.05, 0.1) is 12.1 Å². The Bertz CT molecular complexity index is 366. The lowest BCUT2D eigenvalue weighted by atomic mass is 10.1. The molecular weight excluding hydrogens is 245 g/mol. The predicted octanol–water partition coefficient (Wildman–Crippen LogP) is 3.84. The SMILES string of the molecule is COc1c(Cl)cc(Cl)cc1CN(C)C(C)C. The van der Waals surface area contributed by atoms with E-state index < -0.39 is 0 Å². The molecule has 0 N–H and O–H groups in total. The molecule has 0 aromatic heterocycles. The van der Waals surface area contributed by atoms with Gasteiger partial charge in [-0.1, -0.05) is 23.2 Å². The Morgan fingerprint density at radius 2 is 1.94 bits per heavy atom. The highest BCUT2D eigenvalue weighted by molar-refractivity contribution is 6.35. The number of ether oxygens (including phenoxy) is 1. The standard InChI is InChI=1S/C12H17Cl2NO/c1-8(2)15(3)7-9-5-10(13)6-11(14)12(9)16-4/h5-6,8H,7H2,1-4H3. The van der Waals surface area contributed by atoms with Crippen molar-refractivity contribution in [3.05, 3.63) is 27.7 Å². The molecule has 0 bridgehead atoms. The summed E-state index contributed by atoms with van der Waals surface area (Å²) in [7, 11) is 3.67. The fourth-order valence-corrected chi connectivity index (χ4v) is 2.02.